The summed E-state index contributed by atoms with van der Waals surface area (Å²) in [7, 11) is 0. The lowest BCUT2D eigenvalue weighted by molar-refractivity contribution is -0.137. The molecule has 10 heteroatoms. The van der Waals surface area contributed by atoms with E-state index in [2.05, 4.69) is 10.6 Å². The van der Waals surface area contributed by atoms with Gasteiger partial charge in [-0.2, -0.15) is 13.2 Å². The van der Waals surface area contributed by atoms with E-state index in [4.69, 9.17) is 10.5 Å². The van der Waals surface area contributed by atoms with Gasteiger partial charge in [0.2, 0.25) is 5.91 Å². The number of rotatable bonds is 5. The van der Waals surface area contributed by atoms with Crippen molar-refractivity contribution in [2.24, 2.45) is 0 Å². The molecule has 2 rings (SSSR count). The number of hydrogen-bond donors (Lipinski definition) is 3. The number of nitrogens with two attached hydrogens (primary N) is 1. The predicted molar refractivity (Wildman–Crippen MR) is 95.5 cm³/mol. The molecule has 2 amide bonds. The van der Waals surface area contributed by atoms with Gasteiger partial charge in [-0.1, -0.05) is 6.07 Å². The second-order valence-electron chi connectivity index (χ2n) is 5.69. The van der Waals surface area contributed by atoms with Crippen LogP contribution in [-0.4, -0.2) is 24.4 Å². The first-order chi connectivity index (χ1) is 13.1. The molecule has 0 saturated carbocycles. The number of benzene rings is 2. The Bertz CT molecular complexity index is 913. The molecule has 0 radical (unpaired) electrons. The van der Waals surface area contributed by atoms with Crippen LogP contribution in [-0.2, 0) is 20.5 Å². The van der Waals surface area contributed by atoms with Crippen molar-refractivity contribution >= 4 is 34.8 Å². The summed E-state index contributed by atoms with van der Waals surface area (Å²) in [5.41, 5.74) is 4.58. The molecule has 0 atom stereocenters. The first-order valence-electron chi connectivity index (χ1n) is 7.87. The predicted octanol–water partition coefficient (Wildman–Crippen LogP) is 3.04. The molecule has 28 heavy (non-hydrogen) atoms. The summed E-state index contributed by atoms with van der Waals surface area (Å²) in [4.78, 5) is 34.9. The number of hydrogen-bond acceptors (Lipinski definition) is 5. The minimum atomic E-state index is -4.60. The molecule has 0 spiro atoms. The second-order valence-corrected chi connectivity index (χ2v) is 5.69. The van der Waals surface area contributed by atoms with Crippen molar-refractivity contribution < 1.29 is 32.3 Å². The van der Waals surface area contributed by atoms with Crippen molar-refractivity contribution in [3.8, 4) is 0 Å². The number of esters is 1. The van der Waals surface area contributed by atoms with Gasteiger partial charge in [-0.25, -0.2) is 4.79 Å². The summed E-state index contributed by atoms with van der Waals surface area (Å²) in [6, 6.07) is 8.45. The summed E-state index contributed by atoms with van der Waals surface area (Å²) in [6.07, 6.45) is -4.60. The van der Waals surface area contributed by atoms with E-state index in [0.717, 1.165) is 6.07 Å². The maximum Gasteiger partial charge on any atom is 0.416 e. The fraction of sp³-hybridized carbons (Fsp3) is 0.167. The number of nitrogens with one attached hydrogen (secondary N) is 2. The summed E-state index contributed by atoms with van der Waals surface area (Å²) in [5, 5.41) is 5.00. The fourth-order valence-electron chi connectivity index (χ4n) is 2.21. The van der Waals surface area contributed by atoms with E-state index in [9.17, 15) is 27.6 Å². The monoisotopic (exact) mass is 395 g/mol. The third-order valence-electron chi connectivity index (χ3n) is 3.40. The SMILES string of the molecule is CC(=O)Nc1cccc(NC(=O)COC(=O)c2ccc(C(F)(F)F)cc2N)c1. The van der Waals surface area contributed by atoms with Gasteiger partial charge in [-0.05, 0) is 36.4 Å². The molecule has 0 aromatic heterocycles. The first kappa shape index (κ1) is 20.7. The van der Waals surface area contributed by atoms with Gasteiger partial charge in [0.25, 0.3) is 5.91 Å². The molecule has 0 heterocycles. The van der Waals surface area contributed by atoms with E-state index in [0.29, 0.717) is 23.5 Å². The lowest BCUT2D eigenvalue weighted by Gasteiger charge is -2.11. The second kappa shape index (κ2) is 8.42. The van der Waals surface area contributed by atoms with Crippen LogP contribution in [0.4, 0.5) is 30.2 Å². The Kier molecular flexibility index (Phi) is 6.24. The zero-order chi connectivity index (χ0) is 20.9. The van der Waals surface area contributed by atoms with Crippen molar-refractivity contribution in [2.45, 2.75) is 13.1 Å². The molecule has 2 aromatic rings. The van der Waals surface area contributed by atoms with Crippen LogP contribution in [0.1, 0.15) is 22.8 Å². The zero-order valence-electron chi connectivity index (χ0n) is 14.6. The molecule has 0 aliphatic carbocycles. The van der Waals surface area contributed by atoms with Gasteiger partial charge in [0.1, 0.15) is 0 Å². The summed E-state index contributed by atoms with van der Waals surface area (Å²) in [5.74, 6) is -2.00. The molecule has 4 N–H and O–H groups in total. The Hall–Kier alpha value is -3.56. The van der Waals surface area contributed by atoms with Crippen molar-refractivity contribution in [2.75, 3.05) is 23.0 Å². The number of carbonyl (C=O) groups excluding carboxylic acids is 3. The zero-order valence-corrected chi connectivity index (χ0v) is 14.6. The van der Waals surface area contributed by atoms with Crippen molar-refractivity contribution in [1.82, 2.24) is 0 Å². The smallest absolute Gasteiger partial charge is 0.416 e. The highest BCUT2D eigenvalue weighted by Crippen LogP contribution is 2.31. The van der Waals surface area contributed by atoms with Crippen LogP contribution < -0.4 is 16.4 Å². The lowest BCUT2D eigenvalue weighted by atomic mass is 10.1. The number of anilines is 3. The van der Waals surface area contributed by atoms with Crippen LogP contribution in [0.5, 0.6) is 0 Å². The van der Waals surface area contributed by atoms with E-state index in [1.54, 1.807) is 18.2 Å². The molecule has 148 valence electrons. The summed E-state index contributed by atoms with van der Waals surface area (Å²) >= 11 is 0. The molecule has 7 nitrogen and oxygen atoms in total. The van der Waals surface area contributed by atoms with E-state index < -0.39 is 35.9 Å². The summed E-state index contributed by atoms with van der Waals surface area (Å²) in [6.45, 7) is 0.654. The average Bonchev–Trinajstić information content (AvgIpc) is 2.58. The Labute approximate surface area is 157 Å². The van der Waals surface area contributed by atoms with Crippen LogP contribution in [0.15, 0.2) is 42.5 Å². The van der Waals surface area contributed by atoms with Crippen LogP contribution >= 0.6 is 0 Å². The molecule has 0 unspecified atom stereocenters. The fourth-order valence-corrected chi connectivity index (χ4v) is 2.21. The average molecular weight is 395 g/mol. The third kappa shape index (κ3) is 5.73. The minimum absolute atomic E-state index is 0.284. The number of alkyl halides is 3. The molecule has 0 fully saturated rings. The minimum Gasteiger partial charge on any atom is -0.452 e. The van der Waals surface area contributed by atoms with E-state index in [1.807, 2.05) is 0 Å². The molecular weight excluding hydrogens is 379 g/mol. The van der Waals surface area contributed by atoms with Gasteiger partial charge in [-0.3, -0.25) is 9.59 Å². The maximum atomic E-state index is 12.6. The molecule has 0 aliphatic heterocycles. The number of nitrogen functional groups attached to an aromatic ring is 1. The highest BCUT2D eigenvalue weighted by atomic mass is 19.4. The van der Waals surface area contributed by atoms with Gasteiger partial charge in [0.15, 0.2) is 6.61 Å². The van der Waals surface area contributed by atoms with Crippen LogP contribution in [0, 0.1) is 0 Å². The summed E-state index contributed by atoms with van der Waals surface area (Å²) < 4.78 is 42.6. The van der Waals surface area contributed by atoms with Crippen molar-refractivity contribution in [3.63, 3.8) is 0 Å². The maximum absolute atomic E-state index is 12.6. The molecular formula is C18H16F3N3O4. The van der Waals surface area contributed by atoms with Gasteiger partial charge in [-0.15, -0.1) is 0 Å². The topological polar surface area (TPSA) is 111 Å². The number of amides is 2. The van der Waals surface area contributed by atoms with Gasteiger partial charge in [0, 0.05) is 24.0 Å². The quantitative estimate of drug-likeness (QED) is 0.532. The molecule has 0 saturated heterocycles. The molecule has 0 bridgehead atoms. The Balaban J connectivity index is 1.96. The van der Waals surface area contributed by atoms with Crippen LogP contribution in [0.3, 0.4) is 0 Å². The van der Waals surface area contributed by atoms with Crippen LogP contribution in [0.25, 0.3) is 0 Å². The van der Waals surface area contributed by atoms with E-state index >= 15 is 0 Å². The van der Waals surface area contributed by atoms with Gasteiger partial charge < -0.3 is 21.1 Å². The standard InChI is InChI=1S/C18H16F3N3O4/c1-10(25)23-12-3-2-4-13(8-12)24-16(26)9-28-17(27)14-6-5-11(7-15(14)22)18(19,20)21/h2-8H,9,22H2,1H3,(H,23,25)(H,24,26). The van der Waals surface area contributed by atoms with Crippen molar-refractivity contribution in [1.29, 1.82) is 0 Å². The van der Waals surface area contributed by atoms with E-state index in [-0.39, 0.29) is 11.5 Å². The van der Waals surface area contributed by atoms with Crippen molar-refractivity contribution in [3.05, 3.63) is 53.6 Å². The third-order valence-corrected chi connectivity index (χ3v) is 3.40. The first-order valence-corrected chi connectivity index (χ1v) is 7.87. The number of halogens is 3. The molecule has 2 aromatic carbocycles. The van der Waals surface area contributed by atoms with Gasteiger partial charge >= 0.3 is 12.1 Å². The number of carbonyl (C=O) groups is 3. The highest BCUT2D eigenvalue weighted by Gasteiger charge is 2.31. The highest BCUT2D eigenvalue weighted by molar-refractivity contribution is 5.98. The Morgan fingerprint density at radius 2 is 1.68 bits per heavy atom. The van der Waals surface area contributed by atoms with Crippen LogP contribution in [0.2, 0.25) is 0 Å². The Morgan fingerprint density at radius 3 is 2.25 bits per heavy atom. The van der Waals surface area contributed by atoms with E-state index in [1.165, 1.54) is 13.0 Å². The lowest BCUT2D eigenvalue weighted by Crippen LogP contribution is -2.21. The normalized spacial score (nSPS) is 10.9. The largest absolute Gasteiger partial charge is 0.452 e. The van der Waals surface area contributed by atoms with Gasteiger partial charge in [0.05, 0.1) is 11.1 Å². The Morgan fingerprint density at radius 1 is 1.04 bits per heavy atom. The number of ether oxygens (including phenoxy) is 1. The molecule has 0 aliphatic rings.